The standard InChI is InChI=1S/C14H19N5O4/c20-14(12-9-23-6-4-15-12)18-5-3-10(8-18)17-13-2-1-11(7-16-13)19(21)22/h1-2,7,10,12,15H,3-6,8-9H2,(H,16,17). The van der Waals surface area contributed by atoms with Crippen molar-refractivity contribution >= 4 is 17.4 Å². The van der Waals surface area contributed by atoms with Crippen LogP contribution in [0.25, 0.3) is 0 Å². The first-order valence-electron chi connectivity index (χ1n) is 7.60. The number of anilines is 1. The molecule has 2 unspecified atom stereocenters. The predicted molar refractivity (Wildman–Crippen MR) is 82.1 cm³/mol. The van der Waals surface area contributed by atoms with Gasteiger partial charge in [0, 0.05) is 31.7 Å². The van der Waals surface area contributed by atoms with E-state index in [0.717, 1.165) is 6.42 Å². The molecule has 0 spiro atoms. The van der Waals surface area contributed by atoms with Gasteiger partial charge in [0.1, 0.15) is 18.1 Å². The Balaban J connectivity index is 1.53. The van der Waals surface area contributed by atoms with Crippen molar-refractivity contribution in [2.75, 3.05) is 38.2 Å². The van der Waals surface area contributed by atoms with Crippen molar-refractivity contribution in [3.05, 3.63) is 28.4 Å². The molecule has 9 nitrogen and oxygen atoms in total. The van der Waals surface area contributed by atoms with E-state index in [1.807, 2.05) is 4.90 Å². The second kappa shape index (κ2) is 6.88. The molecule has 2 N–H and O–H groups in total. The van der Waals surface area contributed by atoms with Gasteiger partial charge in [-0.2, -0.15) is 0 Å². The highest BCUT2D eigenvalue weighted by molar-refractivity contribution is 5.82. The molecule has 0 bridgehead atoms. The van der Waals surface area contributed by atoms with Crippen LogP contribution in [0.5, 0.6) is 0 Å². The van der Waals surface area contributed by atoms with Gasteiger partial charge in [-0.1, -0.05) is 0 Å². The fraction of sp³-hybridized carbons (Fsp3) is 0.571. The molecule has 124 valence electrons. The van der Waals surface area contributed by atoms with Crippen LogP contribution in [0.3, 0.4) is 0 Å². The summed E-state index contributed by atoms with van der Waals surface area (Å²) in [6.45, 7) is 3.02. The summed E-state index contributed by atoms with van der Waals surface area (Å²) in [5.74, 6) is 0.639. The molecule has 2 atom stereocenters. The second-order valence-electron chi connectivity index (χ2n) is 5.65. The zero-order chi connectivity index (χ0) is 16.2. The van der Waals surface area contributed by atoms with E-state index in [1.54, 1.807) is 6.07 Å². The molecular weight excluding hydrogens is 302 g/mol. The Morgan fingerprint density at radius 3 is 3.04 bits per heavy atom. The fourth-order valence-corrected chi connectivity index (χ4v) is 2.81. The van der Waals surface area contributed by atoms with Crippen LogP contribution in [0.2, 0.25) is 0 Å². The molecule has 1 amide bonds. The maximum atomic E-state index is 12.4. The molecular formula is C14H19N5O4. The third-order valence-corrected chi connectivity index (χ3v) is 4.03. The number of likely N-dealkylation sites (tertiary alicyclic amines) is 1. The van der Waals surface area contributed by atoms with E-state index in [9.17, 15) is 14.9 Å². The van der Waals surface area contributed by atoms with Crippen LogP contribution in [-0.2, 0) is 9.53 Å². The maximum Gasteiger partial charge on any atom is 0.287 e. The molecule has 0 saturated carbocycles. The fourth-order valence-electron chi connectivity index (χ4n) is 2.81. The zero-order valence-electron chi connectivity index (χ0n) is 12.6. The smallest absolute Gasteiger partial charge is 0.287 e. The van der Waals surface area contributed by atoms with Crippen LogP contribution in [0, 0.1) is 10.1 Å². The SMILES string of the molecule is O=C(C1COCCN1)N1CCC(Nc2ccc([N+](=O)[O-])cn2)C1. The van der Waals surface area contributed by atoms with Crippen molar-refractivity contribution in [2.24, 2.45) is 0 Å². The molecule has 0 aromatic carbocycles. The third-order valence-electron chi connectivity index (χ3n) is 4.03. The van der Waals surface area contributed by atoms with E-state index in [1.165, 1.54) is 12.3 Å². The van der Waals surface area contributed by atoms with Gasteiger partial charge in [-0.25, -0.2) is 4.98 Å². The summed E-state index contributed by atoms with van der Waals surface area (Å²) < 4.78 is 5.33. The summed E-state index contributed by atoms with van der Waals surface area (Å²) >= 11 is 0. The number of nitrogens with zero attached hydrogens (tertiary/aromatic N) is 3. The number of nitro groups is 1. The highest BCUT2D eigenvalue weighted by atomic mass is 16.6. The predicted octanol–water partition coefficient (Wildman–Crippen LogP) is -0.00900. The van der Waals surface area contributed by atoms with Gasteiger partial charge in [0.2, 0.25) is 5.91 Å². The number of ether oxygens (including phenoxy) is 1. The Labute approximate surface area is 133 Å². The number of carbonyl (C=O) groups is 1. The summed E-state index contributed by atoms with van der Waals surface area (Å²) in [6.07, 6.45) is 2.04. The van der Waals surface area contributed by atoms with Crippen molar-refractivity contribution in [1.29, 1.82) is 0 Å². The lowest BCUT2D eigenvalue weighted by atomic mass is 10.2. The van der Waals surface area contributed by atoms with Crippen LogP contribution >= 0.6 is 0 Å². The van der Waals surface area contributed by atoms with Gasteiger partial charge < -0.3 is 20.3 Å². The normalized spacial score (nSPS) is 24.4. The van der Waals surface area contributed by atoms with Gasteiger partial charge in [0.05, 0.1) is 18.1 Å². The molecule has 1 aromatic heterocycles. The average Bonchev–Trinajstić information content (AvgIpc) is 3.04. The number of aromatic nitrogens is 1. The molecule has 2 aliphatic rings. The quantitative estimate of drug-likeness (QED) is 0.593. The monoisotopic (exact) mass is 321 g/mol. The van der Waals surface area contributed by atoms with Gasteiger partial charge in [-0.05, 0) is 12.5 Å². The number of nitrogens with one attached hydrogen (secondary N) is 2. The lowest BCUT2D eigenvalue weighted by molar-refractivity contribution is -0.385. The lowest BCUT2D eigenvalue weighted by Gasteiger charge is -2.27. The van der Waals surface area contributed by atoms with E-state index in [0.29, 0.717) is 38.7 Å². The van der Waals surface area contributed by atoms with Crippen LogP contribution in [0.15, 0.2) is 18.3 Å². The number of carbonyl (C=O) groups excluding carboxylic acids is 1. The Morgan fingerprint density at radius 2 is 2.39 bits per heavy atom. The van der Waals surface area contributed by atoms with Crippen LogP contribution in [0.1, 0.15) is 6.42 Å². The van der Waals surface area contributed by atoms with Gasteiger partial charge in [0.25, 0.3) is 5.69 Å². The van der Waals surface area contributed by atoms with E-state index in [-0.39, 0.29) is 23.7 Å². The number of pyridine rings is 1. The largest absolute Gasteiger partial charge is 0.378 e. The van der Waals surface area contributed by atoms with Gasteiger partial charge >= 0.3 is 0 Å². The van der Waals surface area contributed by atoms with E-state index in [2.05, 4.69) is 15.6 Å². The van der Waals surface area contributed by atoms with Crippen molar-refractivity contribution in [3.63, 3.8) is 0 Å². The number of morpholine rings is 1. The van der Waals surface area contributed by atoms with E-state index >= 15 is 0 Å². The minimum atomic E-state index is -0.480. The van der Waals surface area contributed by atoms with E-state index in [4.69, 9.17) is 4.74 Å². The van der Waals surface area contributed by atoms with Crippen molar-refractivity contribution in [1.82, 2.24) is 15.2 Å². The summed E-state index contributed by atoms with van der Waals surface area (Å²) in [6, 6.07) is 2.83. The van der Waals surface area contributed by atoms with Crippen LogP contribution < -0.4 is 10.6 Å². The number of hydrogen-bond donors (Lipinski definition) is 2. The van der Waals surface area contributed by atoms with Crippen molar-refractivity contribution < 1.29 is 14.5 Å². The molecule has 0 aliphatic carbocycles. The first-order valence-corrected chi connectivity index (χ1v) is 7.60. The molecule has 9 heteroatoms. The summed E-state index contributed by atoms with van der Waals surface area (Å²) in [5.41, 5.74) is -0.0397. The summed E-state index contributed by atoms with van der Waals surface area (Å²) in [4.78, 5) is 28.4. The minimum Gasteiger partial charge on any atom is -0.378 e. The molecule has 2 aliphatic heterocycles. The molecule has 2 saturated heterocycles. The van der Waals surface area contributed by atoms with Gasteiger partial charge in [0.15, 0.2) is 0 Å². The zero-order valence-corrected chi connectivity index (χ0v) is 12.6. The Morgan fingerprint density at radius 1 is 1.52 bits per heavy atom. The molecule has 0 radical (unpaired) electrons. The van der Waals surface area contributed by atoms with Gasteiger partial charge in [-0.3, -0.25) is 14.9 Å². The van der Waals surface area contributed by atoms with Gasteiger partial charge in [-0.15, -0.1) is 0 Å². The highest BCUT2D eigenvalue weighted by Crippen LogP contribution is 2.17. The highest BCUT2D eigenvalue weighted by Gasteiger charge is 2.31. The average molecular weight is 321 g/mol. The second-order valence-corrected chi connectivity index (χ2v) is 5.65. The van der Waals surface area contributed by atoms with E-state index < -0.39 is 4.92 Å². The molecule has 23 heavy (non-hydrogen) atoms. The first-order chi connectivity index (χ1) is 11.1. The Bertz CT molecular complexity index is 573. The molecule has 3 rings (SSSR count). The van der Waals surface area contributed by atoms with Crippen molar-refractivity contribution in [3.8, 4) is 0 Å². The third kappa shape index (κ3) is 3.74. The van der Waals surface area contributed by atoms with Crippen molar-refractivity contribution in [2.45, 2.75) is 18.5 Å². The number of rotatable bonds is 4. The number of amides is 1. The summed E-state index contributed by atoms with van der Waals surface area (Å²) in [5, 5.41) is 17.0. The minimum absolute atomic E-state index is 0.0397. The number of hydrogen-bond acceptors (Lipinski definition) is 7. The molecule has 3 heterocycles. The summed E-state index contributed by atoms with van der Waals surface area (Å²) in [7, 11) is 0. The Kier molecular flexibility index (Phi) is 4.68. The lowest BCUT2D eigenvalue weighted by Crippen LogP contribution is -2.52. The first kappa shape index (κ1) is 15.6. The topological polar surface area (TPSA) is 110 Å². The molecule has 2 fully saturated rings. The maximum absolute atomic E-state index is 12.4. The Hall–Kier alpha value is -2.26. The molecule has 1 aromatic rings. The van der Waals surface area contributed by atoms with Crippen LogP contribution in [-0.4, -0.2) is 65.6 Å². The van der Waals surface area contributed by atoms with Crippen LogP contribution in [0.4, 0.5) is 11.5 Å².